The number of carbonyl (C=O) groups is 1. The molecule has 0 saturated heterocycles. The number of pyridine rings is 1. The van der Waals surface area contributed by atoms with Crippen LogP contribution in [0.2, 0.25) is 0 Å². The van der Waals surface area contributed by atoms with Crippen LogP contribution in [0, 0.1) is 0 Å². The maximum absolute atomic E-state index is 11.9. The van der Waals surface area contributed by atoms with Gasteiger partial charge in [0.25, 0.3) is 0 Å². The predicted molar refractivity (Wildman–Crippen MR) is 123 cm³/mol. The highest BCUT2D eigenvalue weighted by molar-refractivity contribution is 5.86. The molecule has 0 aliphatic carbocycles. The van der Waals surface area contributed by atoms with Gasteiger partial charge in [-0.05, 0) is 86.7 Å². The minimum absolute atomic E-state index is 0.454. The van der Waals surface area contributed by atoms with Crippen molar-refractivity contribution >= 4 is 17.4 Å². The second-order valence-electron chi connectivity index (χ2n) is 8.39. The Morgan fingerprint density at radius 2 is 1.30 bits per heavy atom. The fourth-order valence-electron chi connectivity index (χ4n) is 3.26. The standard InChI is InChI=1S/C26H28N2O2/c1-18(2)24(22-14-16-27-17-15-22)21-8-6-19(7-9-21)20-10-12-23(13-11-20)28-25(29)30-26(3,4)5/h6-17H,1-5H3,(H,28,29). The molecule has 0 atom stereocenters. The zero-order valence-electron chi connectivity index (χ0n) is 18.2. The first-order valence-electron chi connectivity index (χ1n) is 10.0. The van der Waals surface area contributed by atoms with E-state index in [0.717, 1.165) is 16.7 Å². The first-order chi connectivity index (χ1) is 14.2. The van der Waals surface area contributed by atoms with E-state index < -0.39 is 11.7 Å². The number of amides is 1. The Morgan fingerprint density at radius 1 is 0.800 bits per heavy atom. The van der Waals surface area contributed by atoms with Gasteiger partial charge < -0.3 is 4.74 Å². The fraction of sp³-hybridized carbons (Fsp3) is 0.231. The van der Waals surface area contributed by atoms with Gasteiger partial charge in [0.2, 0.25) is 0 Å². The van der Waals surface area contributed by atoms with E-state index in [9.17, 15) is 4.79 Å². The number of rotatable bonds is 4. The van der Waals surface area contributed by atoms with E-state index in [1.54, 1.807) is 0 Å². The average Bonchev–Trinajstić information content (AvgIpc) is 2.68. The Balaban J connectivity index is 1.76. The summed E-state index contributed by atoms with van der Waals surface area (Å²) < 4.78 is 5.29. The third-order valence-corrected chi connectivity index (χ3v) is 4.51. The summed E-state index contributed by atoms with van der Waals surface area (Å²) in [6, 6.07) is 20.3. The van der Waals surface area contributed by atoms with Crippen molar-refractivity contribution < 1.29 is 9.53 Å². The molecule has 154 valence electrons. The Morgan fingerprint density at radius 3 is 1.80 bits per heavy atom. The van der Waals surface area contributed by atoms with Crippen LogP contribution >= 0.6 is 0 Å². The summed E-state index contributed by atoms with van der Waals surface area (Å²) in [6.45, 7) is 9.78. The number of aromatic nitrogens is 1. The van der Waals surface area contributed by atoms with Crippen LogP contribution in [-0.4, -0.2) is 16.7 Å². The van der Waals surface area contributed by atoms with E-state index in [4.69, 9.17) is 4.74 Å². The second-order valence-corrected chi connectivity index (χ2v) is 8.39. The summed E-state index contributed by atoms with van der Waals surface area (Å²) in [5.74, 6) is 0. The molecule has 1 heterocycles. The Labute approximate surface area is 178 Å². The quantitative estimate of drug-likeness (QED) is 0.516. The first kappa shape index (κ1) is 21.3. The molecule has 0 unspecified atom stereocenters. The molecule has 0 saturated carbocycles. The summed E-state index contributed by atoms with van der Waals surface area (Å²) in [5, 5.41) is 2.76. The topological polar surface area (TPSA) is 51.2 Å². The van der Waals surface area contributed by atoms with E-state index in [2.05, 4.69) is 48.4 Å². The molecule has 2 aromatic carbocycles. The molecule has 0 spiro atoms. The van der Waals surface area contributed by atoms with Gasteiger partial charge in [0, 0.05) is 18.1 Å². The third-order valence-electron chi connectivity index (χ3n) is 4.51. The molecule has 3 aromatic rings. The highest BCUT2D eigenvalue weighted by atomic mass is 16.6. The summed E-state index contributed by atoms with van der Waals surface area (Å²) >= 11 is 0. The van der Waals surface area contributed by atoms with E-state index >= 15 is 0 Å². The molecule has 0 aliphatic rings. The van der Waals surface area contributed by atoms with Gasteiger partial charge in [0.1, 0.15) is 5.60 Å². The predicted octanol–water partition coefficient (Wildman–Crippen LogP) is 6.94. The van der Waals surface area contributed by atoms with Crippen molar-refractivity contribution in [1.82, 2.24) is 4.98 Å². The van der Waals surface area contributed by atoms with E-state index in [-0.39, 0.29) is 0 Å². The number of anilines is 1. The average molecular weight is 401 g/mol. The van der Waals surface area contributed by atoms with Crippen LogP contribution in [0.1, 0.15) is 45.7 Å². The van der Waals surface area contributed by atoms with Gasteiger partial charge in [-0.3, -0.25) is 10.3 Å². The van der Waals surface area contributed by atoms with Gasteiger partial charge in [-0.1, -0.05) is 42.0 Å². The van der Waals surface area contributed by atoms with Gasteiger partial charge in [-0.15, -0.1) is 0 Å². The number of ether oxygens (including phenoxy) is 1. The number of benzene rings is 2. The molecule has 0 aliphatic heterocycles. The SMILES string of the molecule is CC(C)=C(c1ccncc1)c1ccc(-c2ccc(NC(=O)OC(C)(C)C)cc2)cc1. The lowest BCUT2D eigenvalue weighted by atomic mass is 9.93. The highest BCUT2D eigenvalue weighted by Gasteiger charge is 2.16. The van der Waals surface area contributed by atoms with Crippen LogP contribution in [0.25, 0.3) is 16.7 Å². The van der Waals surface area contributed by atoms with Gasteiger partial charge >= 0.3 is 6.09 Å². The molecule has 4 nitrogen and oxygen atoms in total. The molecule has 1 aromatic heterocycles. The van der Waals surface area contributed by atoms with Gasteiger partial charge in [-0.2, -0.15) is 0 Å². The number of hydrogen-bond donors (Lipinski definition) is 1. The minimum atomic E-state index is -0.522. The summed E-state index contributed by atoms with van der Waals surface area (Å²) in [7, 11) is 0. The molecule has 30 heavy (non-hydrogen) atoms. The molecule has 1 amide bonds. The molecule has 1 N–H and O–H groups in total. The zero-order chi connectivity index (χ0) is 21.7. The molecule has 0 fully saturated rings. The van der Waals surface area contributed by atoms with Crippen LogP contribution in [0.4, 0.5) is 10.5 Å². The Hall–Kier alpha value is -3.40. The van der Waals surface area contributed by atoms with Crippen molar-refractivity contribution in [2.75, 3.05) is 5.32 Å². The lowest BCUT2D eigenvalue weighted by Crippen LogP contribution is -2.27. The van der Waals surface area contributed by atoms with Crippen molar-refractivity contribution in [1.29, 1.82) is 0 Å². The zero-order valence-corrected chi connectivity index (χ0v) is 18.2. The third kappa shape index (κ3) is 5.57. The van der Waals surface area contributed by atoms with Crippen LogP contribution in [0.5, 0.6) is 0 Å². The van der Waals surface area contributed by atoms with Crippen molar-refractivity contribution in [2.24, 2.45) is 0 Å². The van der Waals surface area contributed by atoms with Crippen molar-refractivity contribution in [2.45, 2.75) is 40.2 Å². The number of allylic oxidation sites excluding steroid dienone is 1. The number of nitrogens with zero attached hydrogens (tertiary/aromatic N) is 1. The van der Waals surface area contributed by atoms with Crippen LogP contribution in [0.3, 0.4) is 0 Å². The number of nitrogens with one attached hydrogen (secondary N) is 1. The van der Waals surface area contributed by atoms with Gasteiger partial charge in [0.15, 0.2) is 0 Å². The Kier molecular flexibility index (Phi) is 6.36. The molecule has 0 radical (unpaired) electrons. The highest BCUT2D eigenvalue weighted by Crippen LogP contribution is 2.29. The molecule has 0 bridgehead atoms. The Bertz CT molecular complexity index is 1030. The van der Waals surface area contributed by atoms with Crippen molar-refractivity contribution in [3.63, 3.8) is 0 Å². The summed E-state index contributed by atoms with van der Waals surface area (Å²) in [6.07, 6.45) is 3.18. The smallest absolute Gasteiger partial charge is 0.412 e. The minimum Gasteiger partial charge on any atom is -0.444 e. The van der Waals surface area contributed by atoms with Crippen molar-refractivity contribution in [3.8, 4) is 11.1 Å². The largest absolute Gasteiger partial charge is 0.444 e. The van der Waals surface area contributed by atoms with Crippen LogP contribution in [0.15, 0.2) is 78.6 Å². The van der Waals surface area contributed by atoms with E-state index in [0.29, 0.717) is 5.69 Å². The summed E-state index contributed by atoms with van der Waals surface area (Å²) in [5.41, 5.74) is 7.20. The second kappa shape index (κ2) is 8.95. The molecule has 4 heteroatoms. The molecule has 3 rings (SSSR count). The lowest BCUT2D eigenvalue weighted by molar-refractivity contribution is 0.0636. The molecular weight excluding hydrogens is 372 g/mol. The molecular formula is C26H28N2O2. The van der Waals surface area contributed by atoms with Gasteiger partial charge in [0.05, 0.1) is 0 Å². The maximum atomic E-state index is 11.9. The van der Waals surface area contributed by atoms with E-state index in [1.807, 2.05) is 69.6 Å². The van der Waals surface area contributed by atoms with Gasteiger partial charge in [-0.25, -0.2) is 4.79 Å². The van der Waals surface area contributed by atoms with Crippen molar-refractivity contribution in [3.05, 3.63) is 89.8 Å². The fourth-order valence-corrected chi connectivity index (χ4v) is 3.26. The van der Waals surface area contributed by atoms with Crippen LogP contribution in [-0.2, 0) is 4.74 Å². The summed E-state index contributed by atoms with van der Waals surface area (Å²) in [4.78, 5) is 16.0. The lowest BCUT2D eigenvalue weighted by Gasteiger charge is -2.19. The monoisotopic (exact) mass is 400 g/mol. The van der Waals surface area contributed by atoms with E-state index in [1.165, 1.54) is 16.7 Å². The number of hydrogen-bond acceptors (Lipinski definition) is 3. The number of carbonyl (C=O) groups excluding carboxylic acids is 1. The normalized spacial score (nSPS) is 11.0. The first-order valence-corrected chi connectivity index (χ1v) is 10.0. The van der Waals surface area contributed by atoms with Crippen LogP contribution < -0.4 is 5.32 Å². The maximum Gasteiger partial charge on any atom is 0.412 e.